The molecule has 0 atom stereocenters. The number of nitrogens with zero attached hydrogens (tertiary/aromatic N) is 2. The molecule has 3 aromatic rings. The number of hydrogen-bond acceptors (Lipinski definition) is 3. The molecule has 0 aliphatic carbocycles. The molecule has 2 heterocycles. The predicted molar refractivity (Wildman–Crippen MR) is 83.7 cm³/mol. The fourth-order valence-corrected chi connectivity index (χ4v) is 3.05. The first-order valence-electron chi connectivity index (χ1n) is 6.61. The topological polar surface area (TPSA) is 43.8 Å². The van der Waals surface area contributed by atoms with Gasteiger partial charge in [-0.3, -0.25) is 0 Å². The van der Waals surface area contributed by atoms with Gasteiger partial charge in [0.25, 0.3) is 0 Å². The Hall–Kier alpha value is -1.91. The number of hydrogen-bond donors (Lipinski definition) is 1. The molecule has 0 aliphatic heterocycles. The Morgan fingerprint density at radius 3 is 2.90 bits per heavy atom. The summed E-state index contributed by atoms with van der Waals surface area (Å²) in [6.45, 7) is 3.56. The molecule has 20 heavy (non-hydrogen) atoms. The Kier molecular flexibility index (Phi) is 3.67. The Bertz CT molecular complexity index is 698. The van der Waals surface area contributed by atoms with E-state index in [0.717, 1.165) is 12.4 Å². The Labute approximate surface area is 122 Å². The third kappa shape index (κ3) is 2.53. The lowest BCUT2D eigenvalue weighted by atomic mass is 10.1. The summed E-state index contributed by atoms with van der Waals surface area (Å²) in [5, 5.41) is 2.08. The van der Waals surface area contributed by atoms with E-state index in [1.807, 2.05) is 12.4 Å². The van der Waals surface area contributed by atoms with Gasteiger partial charge in [-0.15, -0.1) is 11.3 Å². The van der Waals surface area contributed by atoms with Gasteiger partial charge < -0.3 is 10.3 Å². The van der Waals surface area contributed by atoms with Crippen LogP contribution in [-0.4, -0.2) is 9.55 Å². The van der Waals surface area contributed by atoms with Crippen molar-refractivity contribution in [2.24, 2.45) is 5.73 Å². The molecule has 3 rings (SSSR count). The molecule has 0 saturated heterocycles. The van der Waals surface area contributed by atoms with Gasteiger partial charge in [0, 0.05) is 25.5 Å². The molecule has 3 nitrogen and oxygen atoms in total. The van der Waals surface area contributed by atoms with Crippen LogP contribution in [0.4, 0.5) is 0 Å². The van der Waals surface area contributed by atoms with Crippen LogP contribution < -0.4 is 5.73 Å². The van der Waals surface area contributed by atoms with E-state index >= 15 is 0 Å². The number of nitrogens with two attached hydrogens (primary N) is 1. The van der Waals surface area contributed by atoms with E-state index in [4.69, 9.17) is 5.73 Å². The number of rotatable bonds is 4. The van der Waals surface area contributed by atoms with Crippen LogP contribution in [0.3, 0.4) is 0 Å². The summed E-state index contributed by atoms with van der Waals surface area (Å²) in [7, 11) is 0. The standard InChI is InChI=1S/C16H17N3S/c1-12-9-13(10-17)4-5-14(12)11-19-7-6-18-16(19)15-3-2-8-20-15/h2-9H,10-11,17H2,1H3. The van der Waals surface area contributed by atoms with Gasteiger partial charge in [-0.1, -0.05) is 24.3 Å². The number of thiophene rings is 1. The lowest BCUT2D eigenvalue weighted by Crippen LogP contribution is -2.04. The molecule has 0 amide bonds. The molecule has 0 radical (unpaired) electrons. The Balaban J connectivity index is 1.91. The van der Waals surface area contributed by atoms with Crippen LogP contribution in [0.1, 0.15) is 16.7 Å². The molecule has 2 N–H and O–H groups in total. The van der Waals surface area contributed by atoms with E-state index < -0.39 is 0 Å². The third-order valence-corrected chi connectivity index (χ3v) is 4.31. The molecule has 102 valence electrons. The highest BCUT2D eigenvalue weighted by atomic mass is 32.1. The fourth-order valence-electron chi connectivity index (χ4n) is 2.31. The Morgan fingerprint density at radius 2 is 2.20 bits per heavy atom. The summed E-state index contributed by atoms with van der Waals surface area (Å²) in [4.78, 5) is 5.67. The molecule has 0 unspecified atom stereocenters. The highest BCUT2D eigenvalue weighted by Crippen LogP contribution is 2.24. The molecule has 0 spiro atoms. The molecule has 0 fully saturated rings. The second-order valence-electron chi connectivity index (χ2n) is 4.82. The van der Waals surface area contributed by atoms with Crippen LogP contribution in [0.15, 0.2) is 48.1 Å². The maximum atomic E-state index is 5.68. The first-order valence-corrected chi connectivity index (χ1v) is 7.49. The van der Waals surface area contributed by atoms with Crippen molar-refractivity contribution in [2.45, 2.75) is 20.0 Å². The van der Waals surface area contributed by atoms with Gasteiger partial charge in [0.2, 0.25) is 0 Å². The van der Waals surface area contributed by atoms with Crippen LogP contribution in [0.2, 0.25) is 0 Å². The minimum atomic E-state index is 0.590. The molecule has 0 aliphatic rings. The van der Waals surface area contributed by atoms with Crippen LogP contribution in [0.25, 0.3) is 10.7 Å². The molecular formula is C16H17N3S. The molecule has 0 bridgehead atoms. The summed E-state index contributed by atoms with van der Waals surface area (Å²) in [5.74, 6) is 1.03. The fraction of sp³-hybridized carbons (Fsp3) is 0.188. The van der Waals surface area contributed by atoms with E-state index in [2.05, 4.69) is 52.2 Å². The second-order valence-corrected chi connectivity index (χ2v) is 5.77. The SMILES string of the molecule is Cc1cc(CN)ccc1Cn1ccnc1-c1cccs1. The maximum Gasteiger partial charge on any atom is 0.150 e. The van der Waals surface area contributed by atoms with Gasteiger partial charge in [0.1, 0.15) is 5.82 Å². The predicted octanol–water partition coefficient (Wildman–Crippen LogP) is 3.43. The molecule has 0 saturated carbocycles. The van der Waals surface area contributed by atoms with E-state index in [-0.39, 0.29) is 0 Å². The van der Waals surface area contributed by atoms with Crippen molar-refractivity contribution < 1.29 is 0 Å². The largest absolute Gasteiger partial charge is 0.326 e. The van der Waals surface area contributed by atoms with Gasteiger partial charge in [-0.2, -0.15) is 0 Å². The van der Waals surface area contributed by atoms with Crippen molar-refractivity contribution in [1.29, 1.82) is 0 Å². The minimum Gasteiger partial charge on any atom is -0.326 e. The van der Waals surface area contributed by atoms with Crippen molar-refractivity contribution in [3.8, 4) is 10.7 Å². The highest BCUT2D eigenvalue weighted by Gasteiger charge is 2.08. The molecular weight excluding hydrogens is 266 g/mol. The van der Waals surface area contributed by atoms with Crippen molar-refractivity contribution in [1.82, 2.24) is 9.55 Å². The van der Waals surface area contributed by atoms with Gasteiger partial charge >= 0.3 is 0 Å². The summed E-state index contributed by atoms with van der Waals surface area (Å²) in [6, 6.07) is 10.6. The summed E-state index contributed by atoms with van der Waals surface area (Å²) in [5.41, 5.74) is 9.44. The average molecular weight is 283 g/mol. The number of aryl methyl sites for hydroxylation is 1. The molecule has 2 aromatic heterocycles. The van der Waals surface area contributed by atoms with Crippen LogP contribution in [0.5, 0.6) is 0 Å². The second kappa shape index (κ2) is 5.61. The zero-order valence-corrected chi connectivity index (χ0v) is 12.2. The van der Waals surface area contributed by atoms with Gasteiger partial charge in [0.15, 0.2) is 0 Å². The highest BCUT2D eigenvalue weighted by molar-refractivity contribution is 7.13. The summed E-state index contributed by atoms with van der Waals surface area (Å²) in [6.07, 6.45) is 3.89. The lowest BCUT2D eigenvalue weighted by molar-refractivity contribution is 0.802. The number of imidazole rings is 1. The molecule has 1 aromatic carbocycles. The average Bonchev–Trinajstić information content (AvgIpc) is 3.11. The Morgan fingerprint density at radius 1 is 1.30 bits per heavy atom. The van der Waals surface area contributed by atoms with E-state index in [1.54, 1.807) is 11.3 Å². The molecule has 4 heteroatoms. The lowest BCUT2D eigenvalue weighted by Gasteiger charge is -2.10. The van der Waals surface area contributed by atoms with Crippen LogP contribution in [-0.2, 0) is 13.1 Å². The normalized spacial score (nSPS) is 10.9. The number of benzene rings is 1. The van der Waals surface area contributed by atoms with Gasteiger partial charge in [-0.25, -0.2) is 4.98 Å². The van der Waals surface area contributed by atoms with E-state index in [0.29, 0.717) is 6.54 Å². The van der Waals surface area contributed by atoms with Crippen molar-refractivity contribution >= 4 is 11.3 Å². The van der Waals surface area contributed by atoms with Gasteiger partial charge in [0.05, 0.1) is 4.88 Å². The summed E-state index contributed by atoms with van der Waals surface area (Å²) >= 11 is 1.72. The quantitative estimate of drug-likeness (QED) is 0.797. The van der Waals surface area contributed by atoms with E-state index in [1.165, 1.54) is 21.6 Å². The first kappa shape index (κ1) is 13.1. The first-order chi connectivity index (χ1) is 9.78. The maximum absolute atomic E-state index is 5.68. The third-order valence-electron chi connectivity index (χ3n) is 3.44. The zero-order chi connectivity index (χ0) is 13.9. The minimum absolute atomic E-state index is 0.590. The van der Waals surface area contributed by atoms with Crippen LogP contribution >= 0.6 is 11.3 Å². The smallest absolute Gasteiger partial charge is 0.150 e. The van der Waals surface area contributed by atoms with Crippen molar-refractivity contribution in [3.05, 3.63) is 64.8 Å². The monoisotopic (exact) mass is 283 g/mol. The van der Waals surface area contributed by atoms with E-state index in [9.17, 15) is 0 Å². The van der Waals surface area contributed by atoms with Crippen molar-refractivity contribution in [2.75, 3.05) is 0 Å². The number of aromatic nitrogens is 2. The zero-order valence-electron chi connectivity index (χ0n) is 11.4. The van der Waals surface area contributed by atoms with Gasteiger partial charge in [-0.05, 0) is 35.1 Å². The van der Waals surface area contributed by atoms with Crippen LogP contribution in [0, 0.1) is 6.92 Å². The van der Waals surface area contributed by atoms with Crippen molar-refractivity contribution in [3.63, 3.8) is 0 Å². The summed E-state index contributed by atoms with van der Waals surface area (Å²) < 4.78 is 2.19.